The molecule has 0 aromatic carbocycles. The number of amides is 1. The van der Waals surface area contributed by atoms with Crippen LogP contribution in [0, 0.1) is 0 Å². The number of phosphoric acid groups is 1. The van der Waals surface area contributed by atoms with Crippen molar-refractivity contribution >= 4 is 13.7 Å². The van der Waals surface area contributed by atoms with Crippen molar-refractivity contribution < 1.29 is 32.9 Å². The summed E-state index contributed by atoms with van der Waals surface area (Å²) in [6.07, 6.45) is 45.0. The summed E-state index contributed by atoms with van der Waals surface area (Å²) in [5.41, 5.74) is 0. The van der Waals surface area contributed by atoms with Gasteiger partial charge in [0.1, 0.15) is 13.2 Å². The highest BCUT2D eigenvalue weighted by molar-refractivity contribution is 7.47. The number of nitrogens with one attached hydrogen (secondary N) is 1. The van der Waals surface area contributed by atoms with Gasteiger partial charge in [0.15, 0.2) is 0 Å². The van der Waals surface area contributed by atoms with E-state index in [2.05, 4.69) is 43.5 Å². The third kappa shape index (κ3) is 39.0. The van der Waals surface area contributed by atoms with Crippen molar-refractivity contribution in [1.29, 1.82) is 0 Å². The normalized spacial score (nSPS) is 14.7. The molecule has 1 amide bonds. The second-order valence-corrected chi connectivity index (χ2v) is 17.9. The number of hydrogen-bond acceptors (Lipinski definition) is 5. The molecule has 0 aromatic rings. The number of likely N-dealkylation sites (N-methyl/N-ethyl adjacent to an activating group) is 1. The molecular weight excluding hydrogens is 695 g/mol. The largest absolute Gasteiger partial charge is 0.472 e. The van der Waals surface area contributed by atoms with Crippen LogP contribution in [0.1, 0.15) is 194 Å². The first-order chi connectivity index (χ1) is 26.0. The molecule has 8 nitrogen and oxygen atoms in total. The van der Waals surface area contributed by atoms with Gasteiger partial charge in [-0.05, 0) is 57.8 Å². The average Bonchev–Trinajstić information content (AvgIpc) is 3.12. The third-order valence-corrected chi connectivity index (χ3v) is 10.8. The number of hydrogen-bond donors (Lipinski definition) is 3. The maximum absolute atomic E-state index is 12.9. The molecule has 0 bridgehead atoms. The molecule has 3 atom stereocenters. The molecule has 0 aliphatic carbocycles. The van der Waals surface area contributed by atoms with Gasteiger partial charge in [0.2, 0.25) is 5.91 Å². The minimum absolute atomic E-state index is 0.0545. The highest BCUT2D eigenvalue weighted by Gasteiger charge is 2.27. The molecule has 9 heteroatoms. The molecule has 0 radical (unpaired) electrons. The van der Waals surface area contributed by atoms with E-state index < -0.39 is 20.0 Å². The standard InChI is InChI=1S/C45H87N2O6P/c1-6-8-10-12-14-16-18-20-22-23-24-25-27-29-31-33-35-37-39-45(49)46-43(42-53-54(50,51)52-41-40-47(3,4)5)44(48)38-36-34-32-30-28-26-21-19-17-15-13-11-9-7-2/h24-25,28,30,36,38,43-44,48H,6-23,26-27,29,31-35,37,39-42H2,1-5H3,(H-,46,49,50,51)/p+1/b25-24-,30-28+,38-36+. The topological polar surface area (TPSA) is 105 Å². The monoisotopic (exact) mass is 784 g/mol. The summed E-state index contributed by atoms with van der Waals surface area (Å²) in [4.78, 5) is 23.1. The number of carbonyl (C=O) groups excluding carboxylic acids is 1. The Morgan fingerprint density at radius 2 is 1.02 bits per heavy atom. The summed E-state index contributed by atoms with van der Waals surface area (Å²) < 4.78 is 23.5. The van der Waals surface area contributed by atoms with E-state index in [1.54, 1.807) is 6.08 Å². The summed E-state index contributed by atoms with van der Waals surface area (Å²) in [6, 6.07) is -0.865. The molecule has 0 fully saturated rings. The van der Waals surface area contributed by atoms with Crippen LogP contribution in [0.4, 0.5) is 0 Å². The Labute approximate surface area is 334 Å². The number of aliphatic hydroxyl groups is 1. The smallest absolute Gasteiger partial charge is 0.387 e. The summed E-state index contributed by atoms with van der Waals surface area (Å²) in [6.45, 7) is 4.77. The fourth-order valence-electron chi connectivity index (χ4n) is 6.23. The Hall–Kier alpha value is -1.28. The zero-order chi connectivity index (χ0) is 40.0. The minimum atomic E-state index is -4.34. The number of carbonyl (C=O) groups is 1. The number of nitrogens with zero attached hydrogens (tertiary/aromatic N) is 1. The van der Waals surface area contributed by atoms with Crippen LogP contribution in [-0.4, -0.2) is 73.4 Å². The zero-order valence-electron chi connectivity index (χ0n) is 36.0. The average molecular weight is 784 g/mol. The van der Waals surface area contributed by atoms with Gasteiger partial charge in [-0.3, -0.25) is 13.8 Å². The Kier molecular flexibility index (Phi) is 36.4. The van der Waals surface area contributed by atoms with Crippen molar-refractivity contribution in [3.8, 4) is 0 Å². The lowest BCUT2D eigenvalue weighted by Gasteiger charge is -2.25. The van der Waals surface area contributed by atoms with Crippen LogP contribution >= 0.6 is 7.82 Å². The number of aliphatic hydroxyl groups excluding tert-OH is 1. The lowest BCUT2D eigenvalue weighted by molar-refractivity contribution is -0.870. The van der Waals surface area contributed by atoms with E-state index in [0.717, 1.165) is 51.4 Å². The molecule has 0 spiro atoms. The highest BCUT2D eigenvalue weighted by Crippen LogP contribution is 2.43. The fourth-order valence-corrected chi connectivity index (χ4v) is 6.96. The van der Waals surface area contributed by atoms with Crippen molar-refractivity contribution in [3.63, 3.8) is 0 Å². The van der Waals surface area contributed by atoms with Crippen LogP contribution < -0.4 is 5.32 Å². The van der Waals surface area contributed by atoms with Crippen LogP contribution in [0.3, 0.4) is 0 Å². The predicted octanol–water partition coefficient (Wildman–Crippen LogP) is 12.3. The Balaban J connectivity index is 4.46. The van der Waals surface area contributed by atoms with E-state index in [1.807, 2.05) is 27.2 Å². The van der Waals surface area contributed by atoms with Crippen molar-refractivity contribution in [2.45, 2.75) is 206 Å². The maximum atomic E-state index is 12.9. The van der Waals surface area contributed by atoms with Gasteiger partial charge in [-0.15, -0.1) is 0 Å². The van der Waals surface area contributed by atoms with Crippen LogP contribution in [-0.2, 0) is 18.4 Å². The molecule has 0 saturated carbocycles. The molecule has 0 saturated heterocycles. The summed E-state index contributed by atoms with van der Waals surface area (Å²) in [5, 5.41) is 13.8. The van der Waals surface area contributed by atoms with Gasteiger partial charge in [-0.2, -0.15) is 0 Å². The van der Waals surface area contributed by atoms with Crippen LogP contribution in [0.5, 0.6) is 0 Å². The number of allylic oxidation sites excluding steroid dienone is 5. The number of unbranched alkanes of at least 4 members (excludes halogenated alkanes) is 23. The third-order valence-electron chi connectivity index (χ3n) is 9.83. The van der Waals surface area contributed by atoms with E-state index in [9.17, 15) is 19.4 Å². The van der Waals surface area contributed by atoms with Crippen LogP contribution in [0.25, 0.3) is 0 Å². The zero-order valence-corrected chi connectivity index (χ0v) is 36.9. The van der Waals surface area contributed by atoms with Crippen molar-refractivity contribution in [2.24, 2.45) is 0 Å². The van der Waals surface area contributed by atoms with Crippen LogP contribution in [0.2, 0.25) is 0 Å². The van der Waals surface area contributed by atoms with E-state index in [4.69, 9.17) is 9.05 Å². The predicted molar refractivity (Wildman–Crippen MR) is 231 cm³/mol. The molecule has 0 aromatic heterocycles. The first-order valence-electron chi connectivity index (χ1n) is 22.4. The molecule has 3 N–H and O–H groups in total. The molecule has 54 heavy (non-hydrogen) atoms. The molecule has 3 unspecified atom stereocenters. The highest BCUT2D eigenvalue weighted by atomic mass is 31.2. The molecule has 0 heterocycles. The first-order valence-corrected chi connectivity index (χ1v) is 23.9. The molecule has 0 aliphatic rings. The summed E-state index contributed by atoms with van der Waals surface area (Å²) in [7, 11) is 1.55. The lowest BCUT2D eigenvalue weighted by Crippen LogP contribution is -2.45. The van der Waals surface area contributed by atoms with Gasteiger partial charge in [0.05, 0.1) is 39.9 Å². The van der Waals surface area contributed by atoms with Crippen molar-refractivity contribution in [1.82, 2.24) is 5.32 Å². The van der Waals surface area contributed by atoms with E-state index in [-0.39, 0.29) is 19.1 Å². The Morgan fingerprint density at radius 3 is 1.48 bits per heavy atom. The number of quaternary nitrogens is 1. The fraction of sp³-hybridized carbons (Fsp3) is 0.844. The molecular formula is C45H88N2O6P+. The van der Waals surface area contributed by atoms with Crippen LogP contribution in [0.15, 0.2) is 36.5 Å². The number of phosphoric ester groups is 1. The van der Waals surface area contributed by atoms with E-state index >= 15 is 0 Å². The number of rotatable bonds is 40. The van der Waals surface area contributed by atoms with Gasteiger partial charge in [-0.25, -0.2) is 4.57 Å². The molecule has 318 valence electrons. The van der Waals surface area contributed by atoms with Gasteiger partial charge in [0, 0.05) is 6.42 Å². The quantitative estimate of drug-likeness (QED) is 0.0247. The molecule has 0 aliphatic heterocycles. The summed E-state index contributed by atoms with van der Waals surface area (Å²) >= 11 is 0. The second-order valence-electron chi connectivity index (χ2n) is 16.4. The van der Waals surface area contributed by atoms with Gasteiger partial charge in [-0.1, -0.05) is 166 Å². The van der Waals surface area contributed by atoms with E-state index in [1.165, 1.54) is 122 Å². The van der Waals surface area contributed by atoms with Gasteiger partial charge >= 0.3 is 7.82 Å². The Bertz CT molecular complexity index is 980. The SMILES string of the molecule is CCCCCCCCCC/C=C/CC/C=C/C(O)C(COP(=O)(O)OCC[N+](C)(C)C)NC(=O)CCCCCCC/C=C\CCCCCCCCCCC. The van der Waals surface area contributed by atoms with Crippen molar-refractivity contribution in [3.05, 3.63) is 36.5 Å². The Morgan fingerprint density at radius 1 is 0.611 bits per heavy atom. The van der Waals surface area contributed by atoms with Gasteiger partial charge < -0.3 is 19.8 Å². The maximum Gasteiger partial charge on any atom is 0.472 e. The van der Waals surface area contributed by atoms with Gasteiger partial charge in [0.25, 0.3) is 0 Å². The first kappa shape index (κ1) is 52.7. The lowest BCUT2D eigenvalue weighted by atomic mass is 10.1. The van der Waals surface area contributed by atoms with E-state index in [0.29, 0.717) is 17.4 Å². The van der Waals surface area contributed by atoms with Crippen molar-refractivity contribution in [2.75, 3.05) is 40.9 Å². The molecule has 0 rings (SSSR count). The second kappa shape index (κ2) is 37.3. The summed E-state index contributed by atoms with van der Waals surface area (Å²) in [5.74, 6) is -0.196. The minimum Gasteiger partial charge on any atom is -0.387 e.